The maximum atomic E-state index is 12.8. The van der Waals surface area contributed by atoms with Gasteiger partial charge in [-0.2, -0.15) is 0 Å². The van der Waals surface area contributed by atoms with E-state index in [-0.39, 0.29) is 29.5 Å². The lowest BCUT2D eigenvalue weighted by molar-refractivity contribution is 0.0825. The Morgan fingerprint density at radius 3 is 2.60 bits per heavy atom. The van der Waals surface area contributed by atoms with Crippen LogP contribution in [0.3, 0.4) is 0 Å². The third kappa shape index (κ3) is 2.95. The van der Waals surface area contributed by atoms with Gasteiger partial charge in [0.15, 0.2) is 5.78 Å². The van der Waals surface area contributed by atoms with Gasteiger partial charge in [0.1, 0.15) is 34.3 Å². The Morgan fingerprint density at radius 1 is 1.20 bits per heavy atom. The van der Waals surface area contributed by atoms with Gasteiger partial charge in [-0.3, -0.25) is 4.79 Å². The molecule has 2 N–H and O–H groups in total. The molecule has 132 valence electrons. The Bertz CT molecular complexity index is 827. The van der Waals surface area contributed by atoms with Crippen LogP contribution >= 0.6 is 0 Å². The van der Waals surface area contributed by atoms with Crippen molar-refractivity contribution in [1.82, 2.24) is 0 Å². The van der Waals surface area contributed by atoms with Gasteiger partial charge in [0, 0.05) is 17.7 Å². The lowest BCUT2D eigenvalue weighted by Crippen LogP contribution is -2.29. The number of ketones is 1. The summed E-state index contributed by atoms with van der Waals surface area (Å²) in [6.45, 7) is 1.85. The second-order valence-electron chi connectivity index (χ2n) is 6.00. The van der Waals surface area contributed by atoms with Crippen molar-refractivity contribution < 1.29 is 29.2 Å². The van der Waals surface area contributed by atoms with Crippen molar-refractivity contribution in [3.63, 3.8) is 0 Å². The van der Waals surface area contributed by atoms with Crippen molar-refractivity contribution in [1.29, 1.82) is 0 Å². The summed E-state index contributed by atoms with van der Waals surface area (Å²) >= 11 is 0. The Balaban J connectivity index is 1.91. The number of phenols is 2. The molecule has 1 aliphatic rings. The quantitative estimate of drug-likeness (QED) is 0.887. The number of Topliss-reactive ketones (excluding diaryl/α,β-unsaturated/α-hetero) is 1. The van der Waals surface area contributed by atoms with Crippen molar-refractivity contribution in [2.24, 2.45) is 5.92 Å². The largest absolute Gasteiger partial charge is 0.508 e. The molecular weight excluding hydrogens is 324 g/mol. The fourth-order valence-corrected chi connectivity index (χ4v) is 3.01. The van der Waals surface area contributed by atoms with Gasteiger partial charge in [0.25, 0.3) is 0 Å². The summed E-state index contributed by atoms with van der Waals surface area (Å²) in [5.74, 6) is 0.565. The molecule has 0 fully saturated rings. The smallest absolute Gasteiger partial charge is 0.177 e. The molecule has 3 rings (SSSR count). The lowest BCUT2D eigenvalue weighted by Gasteiger charge is -2.26. The number of aromatic hydroxyl groups is 2. The van der Waals surface area contributed by atoms with Crippen LogP contribution in [0.4, 0.5) is 0 Å². The highest BCUT2D eigenvalue weighted by Gasteiger charge is 2.33. The first kappa shape index (κ1) is 17.0. The molecule has 1 atom stereocenters. The van der Waals surface area contributed by atoms with Crippen LogP contribution in [0.1, 0.15) is 21.5 Å². The number of ether oxygens (including phenoxy) is 3. The molecule has 6 nitrogen and oxygen atoms in total. The molecule has 0 unspecified atom stereocenters. The summed E-state index contributed by atoms with van der Waals surface area (Å²) in [6.07, 6.45) is 0.304. The normalized spacial score (nSPS) is 16.1. The molecule has 2 aromatic rings. The average Bonchev–Trinajstić information content (AvgIpc) is 2.61. The number of benzene rings is 2. The van der Waals surface area contributed by atoms with E-state index in [1.165, 1.54) is 20.3 Å². The first-order valence-electron chi connectivity index (χ1n) is 7.89. The molecule has 1 heterocycles. The van der Waals surface area contributed by atoms with Crippen molar-refractivity contribution in [3.8, 4) is 28.7 Å². The van der Waals surface area contributed by atoms with Gasteiger partial charge < -0.3 is 24.4 Å². The van der Waals surface area contributed by atoms with E-state index in [9.17, 15) is 15.0 Å². The Morgan fingerprint density at radius 2 is 1.96 bits per heavy atom. The van der Waals surface area contributed by atoms with Crippen LogP contribution in [0.25, 0.3) is 0 Å². The van der Waals surface area contributed by atoms with E-state index < -0.39 is 5.92 Å². The third-order valence-electron chi connectivity index (χ3n) is 4.51. The Hall–Kier alpha value is -2.89. The molecule has 0 aromatic heterocycles. The van der Waals surface area contributed by atoms with E-state index >= 15 is 0 Å². The van der Waals surface area contributed by atoms with Crippen LogP contribution in [-0.2, 0) is 6.42 Å². The van der Waals surface area contributed by atoms with Gasteiger partial charge in [-0.05, 0) is 25.0 Å². The Kier molecular flexibility index (Phi) is 4.44. The molecular formula is C19H20O6. The standard InChI is InChI=1S/C19H20O6/c1-10-15(24-3)8-16-17(18(10)21)19(22)12(9-25-16)6-11-4-5-13(23-2)7-14(11)20/h4-5,7-8,12,20-21H,6,9H2,1-3H3/t12-/m1/s1. The summed E-state index contributed by atoms with van der Waals surface area (Å²) < 4.78 is 15.9. The van der Waals surface area contributed by atoms with Gasteiger partial charge in [-0.25, -0.2) is 0 Å². The zero-order valence-corrected chi connectivity index (χ0v) is 14.3. The highest BCUT2D eigenvalue weighted by molar-refractivity contribution is 6.04. The molecule has 0 saturated heterocycles. The average molecular weight is 344 g/mol. The molecule has 0 radical (unpaired) electrons. The molecule has 2 aromatic carbocycles. The second kappa shape index (κ2) is 6.55. The van der Waals surface area contributed by atoms with Gasteiger partial charge in [-0.15, -0.1) is 0 Å². The number of hydrogen-bond acceptors (Lipinski definition) is 6. The fourth-order valence-electron chi connectivity index (χ4n) is 3.01. The molecule has 0 aliphatic carbocycles. The number of carbonyl (C=O) groups is 1. The molecule has 6 heteroatoms. The molecule has 1 aliphatic heterocycles. The summed E-state index contributed by atoms with van der Waals surface area (Å²) in [5, 5.41) is 20.5. The third-order valence-corrected chi connectivity index (χ3v) is 4.51. The molecule has 0 saturated carbocycles. The number of hydrogen-bond donors (Lipinski definition) is 2. The van der Waals surface area contributed by atoms with E-state index in [1.807, 2.05) is 0 Å². The van der Waals surface area contributed by atoms with Gasteiger partial charge in [-0.1, -0.05) is 6.07 Å². The van der Waals surface area contributed by atoms with Gasteiger partial charge in [0.2, 0.25) is 0 Å². The van der Waals surface area contributed by atoms with Gasteiger partial charge >= 0.3 is 0 Å². The highest BCUT2D eigenvalue weighted by Crippen LogP contribution is 2.42. The van der Waals surface area contributed by atoms with Crippen LogP contribution < -0.4 is 14.2 Å². The van der Waals surface area contributed by atoms with Crippen LogP contribution in [0.15, 0.2) is 24.3 Å². The van der Waals surface area contributed by atoms with E-state index in [4.69, 9.17) is 14.2 Å². The van der Waals surface area contributed by atoms with Crippen molar-refractivity contribution >= 4 is 5.78 Å². The summed E-state index contributed by atoms with van der Waals surface area (Å²) in [4.78, 5) is 12.8. The Labute approximate surface area is 145 Å². The predicted molar refractivity (Wildman–Crippen MR) is 91.1 cm³/mol. The topological polar surface area (TPSA) is 85.2 Å². The predicted octanol–water partition coefficient (Wildman–Crippen LogP) is 2.86. The monoisotopic (exact) mass is 344 g/mol. The van der Waals surface area contributed by atoms with Crippen molar-refractivity contribution in [2.45, 2.75) is 13.3 Å². The van der Waals surface area contributed by atoms with Gasteiger partial charge in [0.05, 0.1) is 26.7 Å². The fraction of sp³-hybridized carbons (Fsp3) is 0.316. The van der Waals surface area contributed by atoms with Crippen LogP contribution in [-0.4, -0.2) is 36.8 Å². The maximum Gasteiger partial charge on any atom is 0.177 e. The SMILES string of the molecule is COc1ccc(C[C@@H]2COc3cc(OC)c(C)c(O)c3C2=O)c(O)c1. The highest BCUT2D eigenvalue weighted by atomic mass is 16.5. The maximum absolute atomic E-state index is 12.8. The first-order chi connectivity index (χ1) is 12.0. The van der Waals surface area contributed by atoms with Crippen molar-refractivity contribution in [3.05, 3.63) is 41.0 Å². The second-order valence-corrected chi connectivity index (χ2v) is 6.00. The summed E-state index contributed by atoms with van der Waals surface area (Å²) in [7, 11) is 3.01. The number of rotatable bonds is 4. The van der Waals surface area contributed by atoms with Crippen molar-refractivity contribution in [2.75, 3.05) is 20.8 Å². The zero-order valence-electron chi connectivity index (χ0n) is 14.3. The minimum atomic E-state index is -0.495. The van der Waals surface area contributed by atoms with Crippen LogP contribution in [0.5, 0.6) is 28.7 Å². The van der Waals surface area contributed by atoms with E-state index in [0.717, 1.165) is 0 Å². The van der Waals surface area contributed by atoms with Crippen LogP contribution in [0.2, 0.25) is 0 Å². The van der Waals surface area contributed by atoms with E-state index in [1.54, 1.807) is 25.1 Å². The van der Waals surface area contributed by atoms with E-state index in [2.05, 4.69) is 0 Å². The molecule has 25 heavy (non-hydrogen) atoms. The summed E-state index contributed by atoms with van der Waals surface area (Å²) in [6, 6.07) is 6.56. The number of fused-ring (bicyclic) bond motifs is 1. The van der Waals surface area contributed by atoms with Crippen LogP contribution in [0, 0.1) is 12.8 Å². The summed E-state index contributed by atoms with van der Waals surface area (Å²) in [5.41, 5.74) is 1.28. The zero-order chi connectivity index (χ0) is 18.1. The van der Waals surface area contributed by atoms with E-state index in [0.29, 0.717) is 34.8 Å². The molecule has 0 amide bonds. The number of methoxy groups -OCH3 is 2. The number of carbonyl (C=O) groups excluding carboxylic acids is 1. The first-order valence-corrected chi connectivity index (χ1v) is 7.89. The minimum Gasteiger partial charge on any atom is -0.508 e. The molecule has 0 spiro atoms. The molecule has 0 bridgehead atoms. The minimum absolute atomic E-state index is 0.0630. The lowest BCUT2D eigenvalue weighted by atomic mass is 9.88. The number of phenolic OH excluding ortho intramolecular Hbond substituents is 2.